The van der Waals surface area contributed by atoms with Crippen molar-refractivity contribution < 1.29 is 4.79 Å². The zero-order valence-corrected chi connectivity index (χ0v) is 10.5. The Morgan fingerprint density at radius 3 is 2.50 bits per heavy atom. The van der Waals surface area contributed by atoms with Gasteiger partial charge in [-0.2, -0.15) is 0 Å². The van der Waals surface area contributed by atoms with Crippen LogP contribution in [0.5, 0.6) is 0 Å². The summed E-state index contributed by atoms with van der Waals surface area (Å²) in [6, 6.07) is 0.0753. The minimum absolute atomic E-state index is 0.0439. The minimum atomic E-state index is -0.346. The number of rotatable bonds is 3. The first-order valence-corrected chi connectivity index (χ1v) is 6.61. The molecule has 0 saturated heterocycles. The second-order valence-corrected chi connectivity index (χ2v) is 5.96. The smallest absolute Gasteiger partial charge is 0.237 e. The number of hydrogen-bond donors (Lipinski definition) is 2. The molecule has 92 valence electrons. The quantitative estimate of drug-likeness (QED) is 0.768. The van der Waals surface area contributed by atoms with Gasteiger partial charge in [-0.1, -0.05) is 33.1 Å². The van der Waals surface area contributed by atoms with Crippen molar-refractivity contribution in [2.45, 2.75) is 64.5 Å². The zero-order valence-electron chi connectivity index (χ0n) is 10.5. The summed E-state index contributed by atoms with van der Waals surface area (Å²) in [5.74, 6) is 0.267. The Kier molecular flexibility index (Phi) is 3.24. The molecule has 2 atom stereocenters. The highest BCUT2D eigenvalue weighted by molar-refractivity contribution is 5.82. The summed E-state index contributed by atoms with van der Waals surface area (Å²) in [7, 11) is 0. The van der Waals surface area contributed by atoms with Gasteiger partial charge in [0, 0.05) is 6.04 Å². The van der Waals surface area contributed by atoms with E-state index in [-0.39, 0.29) is 17.9 Å². The van der Waals surface area contributed by atoms with E-state index >= 15 is 0 Å². The monoisotopic (exact) mass is 224 g/mol. The molecule has 1 unspecified atom stereocenters. The van der Waals surface area contributed by atoms with Crippen LogP contribution in [0.3, 0.4) is 0 Å². The standard InChI is InChI=1S/C13H24N2O/c1-9(2)11(14)12(16)15-10-8-13(10)6-4-3-5-7-13/h9-11H,3-8,14H2,1-2H3,(H,15,16)/t10?,11-/m0/s1. The van der Waals surface area contributed by atoms with Gasteiger partial charge in [-0.25, -0.2) is 0 Å². The average molecular weight is 224 g/mol. The van der Waals surface area contributed by atoms with Crippen LogP contribution in [-0.4, -0.2) is 18.0 Å². The van der Waals surface area contributed by atoms with Gasteiger partial charge in [0.1, 0.15) is 0 Å². The maximum absolute atomic E-state index is 11.8. The van der Waals surface area contributed by atoms with Crippen molar-refractivity contribution in [3.8, 4) is 0 Å². The zero-order chi connectivity index (χ0) is 11.8. The van der Waals surface area contributed by atoms with E-state index < -0.39 is 0 Å². The van der Waals surface area contributed by atoms with Crippen molar-refractivity contribution in [2.75, 3.05) is 0 Å². The Hall–Kier alpha value is -0.570. The van der Waals surface area contributed by atoms with Gasteiger partial charge < -0.3 is 11.1 Å². The Balaban J connectivity index is 1.82. The lowest BCUT2D eigenvalue weighted by molar-refractivity contribution is -0.123. The Morgan fingerprint density at radius 2 is 1.94 bits per heavy atom. The average Bonchev–Trinajstić information content (AvgIpc) is 2.90. The van der Waals surface area contributed by atoms with Crippen LogP contribution in [0.4, 0.5) is 0 Å². The number of hydrogen-bond acceptors (Lipinski definition) is 2. The maximum Gasteiger partial charge on any atom is 0.237 e. The lowest BCUT2D eigenvalue weighted by atomic mass is 9.85. The van der Waals surface area contributed by atoms with Crippen LogP contribution >= 0.6 is 0 Å². The van der Waals surface area contributed by atoms with E-state index in [1.807, 2.05) is 13.8 Å². The molecule has 3 nitrogen and oxygen atoms in total. The van der Waals surface area contributed by atoms with Gasteiger partial charge in [-0.15, -0.1) is 0 Å². The predicted molar refractivity (Wildman–Crippen MR) is 64.9 cm³/mol. The van der Waals surface area contributed by atoms with Crippen LogP contribution < -0.4 is 11.1 Å². The molecular formula is C13H24N2O. The third-order valence-corrected chi connectivity index (χ3v) is 4.38. The summed E-state index contributed by atoms with van der Waals surface area (Å²) < 4.78 is 0. The van der Waals surface area contributed by atoms with Crippen LogP contribution in [0, 0.1) is 11.3 Å². The van der Waals surface area contributed by atoms with E-state index in [0.717, 1.165) is 0 Å². The second kappa shape index (κ2) is 4.36. The second-order valence-electron chi connectivity index (χ2n) is 5.96. The van der Waals surface area contributed by atoms with Crippen LogP contribution in [-0.2, 0) is 4.79 Å². The molecule has 0 aromatic carbocycles. The van der Waals surface area contributed by atoms with Crippen molar-refractivity contribution in [1.82, 2.24) is 5.32 Å². The normalized spacial score (nSPS) is 29.1. The SMILES string of the molecule is CC(C)[C@H](N)C(=O)NC1CC12CCCCC2. The minimum Gasteiger partial charge on any atom is -0.351 e. The lowest BCUT2D eigenvalue weighted by Gasteiger charge is -2.23. The number of carbonyl (C=O) groups excluding carboxylic acids is 1. The first-order valence-electron chi connectivity index (χ1n) is 6.61. The van der Waals surface area contributed by atoms with Crippen molar-refractivity contribution in [1.29, 1.82) is 0 Å². The molecule has 1 amide bonds. The van der Waals surface area contributed by atoms with Crippen LogP contribution in [0.2, 0.25) is 0 Å². The van der Waals surface area contributed by atoms with Crippen molar-refractivity contribution in [3.63, 3.8) is 0 Å². The molecule has 2 aliphatic rings. The van der Waals surface area contributed by atoms with Crippen molar-refractivity contribution >= 4 is 5.91 Å². The van der Waals surface area contributed by atoms with Crippen molar-refractivity contribution in [2.24, 2.45) is 17.1 Å². The molecule has 0 aromatic heterocycles. The third kappa shape index (κ3) is 2.24. The van der Waals surface area contributed by atoms with Gasteiger partial charge >= 0.3 is 0 Å². The van der Waals surface area contributed by atoms with Crippen LogP contribution in [0.25, 0.3) is 0 Å². The Labute approximate surface area is 98.2 Å². The number of nitrogens with one attached hydrogen (secondary N) is 1. The number of amides is 1. The van der Waals surface area contributed by atoms with Crippen LogP contribution in [0.1, 0.15) is 52.4 Å². The first-order chi connectivity index (χ1) is 7.55. The van der Waals surface area contributed by atoms with Gasteiger partial charge in [-0.3, -0.25) is 4.79 Å². The summed E-state index contributed by atoms with van der Waals surface area (Å²) in [6.45, 7) is 3.99. The first kappa shape index (κ1) is 11.9. The van der Waals surface area contributed by atoms with Gasteiger partial charge in [-0.05, 0) is 30.6 Å². The van der Waals surface area contributed by atoms with Crippen LogP contribution in [0.15, 0.2) is 0 Å². The van der Waals surface area contributed by atoms with E-state index in [9.17, 15) is 4.79 Å². The Bertz CT molecular complexity index is 269. The molecule has 0 radical (unpaired) electrons. The molecule has 3 heteroatoms. The molecule has 0 heterocycles. The summed E-state index contributed by atoms with van der Waals surface area (Å²) in [5, 5.41) is 3.13. The molecule has 1 spiro atoms. The molecular weight excluding hydrogens is 200 g/mol. The van der Waals surface area contributed by atoms with E-state index in [4.69, 9.17) is 5.73 Å². The lowest BCUT2D eigenvalue weighted by Crippen LogP contribution is -2.45. The summed E-state index contributed by atoms with van der Waals surface area (Å²) in [5.41, 5.74) is 6.30. The van der Waals surface area contributed by atoms with Gasteiger partial charge in [0.25, 0.3) is 0 Å². The molecule has 0 bridgehead atoms. The maximum atomic E-state index is 11.8. The van der Waals surface area contributed by atoms with E-state index in [0.29, 0.717) is 11.5 Å². The predicted octanol–water partition coefficient (Wildman–Crippen LogP) is 1.81. The van der Waals surface area contributed by atoms with E-state index in [1.165, 1.54) is 38.5 Å². The molecule has 2 rings (SSSR count). The van der Waals surface area contributed by atoms with E-state index in [2.05, 4.69) is 5.32 Å². The van der Waals surface area contributed by atoms with Gasteiger partial charge in [0.15, 0.2) is 0 Å². The molecule has 0 aromatic rings. The molecule has 2 aliphatic carbocycles. The molecule has 0 aliphatic heterocycles. The topological polar surface area (TPSA) is 55.1 Å². The highest BCUT2D eigenvalue weighted by Gasteiger charge is 2.54. The number of carbonyl (C=O) groups is 1. The fraction of sp³-hybridized carbons (Fsp3) is 0.923. The highest BCUT2D eigenvalue weighted by Crippen LogP contribution is 2.56. The molecule has 2 fully saturated rings. The summed E-state index contributed by atoms with van der Waals surface area (Å²) in [6.07, 6.45) is 7.83. The Morgan fingerprint density at radius 1 is 1.31 bits per heavy atom. The third-order valence-electron chi connectivity index (χ3n) is 4.38. The largest absolute Gasteiger partial charge is 0.351 e. The van der Waals surface area contributed by atoms with Gasteiger partial charge in [0.2, 0.25) is 5.91 Å². The van der Waals surface area contributed by atoms with Gasteiger partial charge in [0.05, 0.1) is 6.04 Å². The summed E-state index contributed by atoms with van der Waals surface area (Å²) >= 11 is 0. The fourth-order valence-corrected chi connectivity index (χ4v) is 2.93. The molecule has 2 saturated carbocycles. The highest BCUT2D eigenvalue weighted by atomic mass is 16.2. The van der Waals surface area contributed by atoms with E-state index in [1.54, 1.807) is 0 Å². The molecule has 3 N–H and O–H groups in total. The fourth-order valence-electron chi connectivity index (χ4n) is 2.93. The number of nitrogens with two attached hydrogens (primary N) is 1. The molecule has 16 heavy (non-hydrogen) atoms. The van der Waals surface area contributed by atoms with Crippen molar-refractivity contribution in [3.05, 3.63) is 0 Å². The summed E-state index contributed by atoms with van der Waals surface area (Å²) in [4.78, 5) is 11.8.